The summed E-state index contributed by atoms with van der Waals surface area (Å²) in [7, 11) is 0. The minimum absolute atomic E-state index is 0.349. The number of imidazole rings is 1. The number of rotatable bonds is 5. The van der Waals surface area contributed by atoms with Crippen LogP contribution in [0.3, 0.4) is 0 Å². The van der Waals surface area contributed by atoms with Crippen molar-refractivity contribution in [1.29, 1.82) is 0 Å². The van der Waals surface area contributed by atoms with Gasteiger partial charge in [-0.1, -0.05) is 0 Å². The maximum atomic E-state index is 5.97. The summed E-state index contributed by atoms with van der Waals surface area (Å²) in [5, 5.41) is 3.55. The van der Waals surface area contributed by atoms with Crippen molar-refractivity contribution < 1.29 is 4.74 Å². The van der Waals surface area contributed by atoms with Gasteiger partial charge >= 0.3 is 0 Å². The standard InChI is InChI=1S/C15H24N4O/c1-2-13-10-20-15(9-18(13)5-1)8-16-6-14-7-17-11-19(14)12-3-4-12/h7,11-13,15-16H,1-6,8-10H2. The lowest BCUT2D eigenvalue weighted by atomic mass is 10.2. The molecule has 2 unspecified atom stereocenters. The molecular formula is C15H24N4O. The van der Waals surface area contributed by atoms with Crippen molar-refractivity contribution in [2.75, 3.05) is 26.2 Å². The Hall–Kier alpha value is -0.910. The Morgan fingerprint density at radius 3 is 3.15 bits per heavy atom. The number of morpholine rings is 1. The van der Waals surface area contributed by atoms with Gasteiger partial charge in [0.2, 0.25) is 0 Å². The average molecular weight is 276 g/mol. The van der Waals surface area contributed by atoms with Crippen molar-refractivity contribution in [2.24, 2.45) is 0 Å². The van der Waals surface area contributed by atoms with Crippen LogP contribution in [0.5, 0.6) is 0 Å². The maximum absolute atomic E-state index is 5.97. The van der Waals surface area contributed by atoms with Crippen LogP contribution in [0, 0.1) is 0 Å². The summed E-state index contributed by atoms with van der Waals surface area (Å²) in [6, 6.07) is 1.41. The molecule has 110 valence electrons. The van der Waals surface area contributed by atoms with E-state index in [4.69, 9.17) is 4.74 Å². The number of ether oxygens (including phenoxy) is 1. The van der Waals surface area contributed by atoms with Crippen LogP contribution in [0.4, 0.5) is 0 Å². The topological polar surface area (TPSA) is 42.3 Å². The molecular weight excluding hydrogens is 252 g/mol. The van der Waals surface area contributed by atoms with Gasteiger partial charge in [-0.05, 0) is 32.2 Å². The lowest BCUT2D eigenvalue weighted by molar-refractivity contribution is -0.0470. The number of aromatic nitrogens is 2. The summed E-state index contributed by atoms with van der Waals surface area (Å²) in [6.45, 7) is 5.13. The van der Waals surface area contributed by atoms with E-state index in [1.54, 1.807) is 0 Å². The van der Waals surface area contributed by atoms with Gasteiger partial charge < -0.3 is 14.6 Å². The Morgan fingerprint density at radius 1 is 1.30 bits per heavy atom. The summed E-state index contributed by atoms with van der Waals surface area (Å²) in [5.41, 5.74) is 1.31. The SMILES string of the molecule is c1ncn(C2CC2)c1CNCC1CN2CCCC2CO1. The maximum Gasteiger partial charge on any atom is 0.0951 e. The highest BCUT2D eigenvalue weighted by Gasteiger charge is 2.32. The summed E-state index contributed by atoms with van der Waals surface area (Å²) in [6.07, 6.45) is 9.60. The van der Waals surface area contributed by atoms with E-state index in [9.17, 15) is 0 Å². The molecule has 1 aliphatic carbocycles. The lowest BCUT2D eigenvalue weighted by Gasteiger charge is -2.35. The molecule has 0 bridgehead atoms. The molecule has 1 saturated carbocycles. The van der Waals surface area contributed by atoms with Gasteiger partial charge in [0.15, 0.2) is 0 Å². The summed E-state index contributed by atoms with van der Waals surface area (Å²) in [5.74, 6) is 0. The first-order valence-corrected chi connectivity index (χ1v) is 7.97. The second-order valence-corrected chi connectivity index (χ2v) is 6.40. The predicted molar refractivity (Wildman–Crippen MR) is 76.5 cm³/mol. The fraction of sp³-hybridized carbons (Fsp3) is 0.800. The van der Waals surface area contributed by atoms with Crippen LogP contribution < -0.4 is 5.32 Å². The average Bonchev–Trinajstić information content (AvgIpc) is 3.01. The fourth-order valence-electron chi connectivity index (χ4n) is 3.52. The van der Waals surface area contributed by atoms with E-state index in [2.05, 4.69) is 19.8 Å². The van der Waals surface area contributed by atoms with E-state index in [1.807, 2.05) is 12.5 Å². The monoisotopic (exact) mass is 276 g/mol. The molecule has 2 saturated heterocycles. The molecule has 0 spiro atoms. The third kappa shape index (κ3) is 2.62. The van der Waals surface area contributed by atoms with E-state index in [0.29, 0.717) is 18.2 Å². The molecule has 0 aromatic carbocycles. The second kappa shape index (κ2) is 5.47. The van der Waals surface area contributed by atoms with E-state index in [-0.39, 0.29) is 0 Å². The number of nitrogens with zero attached hydrogens (tertiary/aromatic N) is 3. The van der Waals surface area contributed by atoms with Crippen LogP contribution in [-0.4, -0.2) is 52.8 Å². The Kier molecular flexibility index (Phi) is 3.50. The molecule has 3 aliphatic rings. The first-order valence-electron chi connectivity index (χ1n) is 7.97. The fourth-order valence-corrected chi connectivity index (χ4v) is 3.52. The lowest BCUT2D eigenvalue weighted by Crippen LogP contribution is -2.49. The van der Waals surface area contributed by atoms with Gasteiger partial charge in [-0.15, -0.1) is 0 Å². The quantitative estimate of drug-likeness (QED) is 0.876. The molecule has 4 rings (SSSR count). The number of hydrogen-bond acceptors (Lipinski definition) is 4. The molecule has 1 aromatic rings. The van der Waals surface area contributed by atoms with Crippen molar-refractivity contribution >= 4 is 0 Å². The largest absolute Gasteiger partial charge is 0.374 e. The minimum Gasteiger partial charge on any atom is -0.374 e. The number of nitrogens with one attached hydrogen (secondary N) is 1. The zero-order chi connectivity index (χ0) is 13.4. The molecule has 0 amide bonds. The summed E-state index contributed by atoms with van der Waals surface area (Å²) < 4.78 is 8.30. The second-order valence-electron chi connectivity index (χ2n) is 6.40. The van der Waals surface area contributed by atoms with Crippen LogP contribution in [0.15, 0.2) is 12.5 Å². The van der Waals surface area contributed by atoms with Gasteiger partial charge in [-0.3, -0.25) is 4.90 Å². The zero-order valence-electron chi connectivity index (χ0n) is 12.0. The first-order chi connectivity index (χ1) is 9.90. The van der Waals surface area contributed by atoms with Crippen LogP contribution in [-0.2, 0) is 11.3 Å². The van der Waals surface area contributed by atoms with Crippen LogP contribution in [0.2, 0.25) is 0 Å². The van der Waals surface area contributed by atoms with Crippen molar-refractivity contribution in [3.8, 4) is 0 Å². The van der Waals surface area contributed by atoms with Crippen molar-refractivity contribution in [3.63, 3.8) is 0 Å². The van der Waals surface area contributed by atoms with Crippen molar-refractivity contribution in [1.82, 2.24) is 19.8 Å². The Balaban J connectivity index is 1.25. The van der Waals surface area contributed by atoms with Crippen LogP contribution >= 0.6 is 0 Å². The van der Waals surface area contributed by atoms with Gasteiger partial charge in [-0.2, -0.15) is 0 Å². The van der Waals surface area contributed by atoms with E-state index in [0.717, 1.165) is 26.2 Å². The Bertz CT molecular complexity index is 456. The molecule has 1 N–H and O–H groups in total. The first kappa shape index (κ1) is 12.8. The normalized spacial score (nSPS) is 30.6. The molecule has 3 fully saturated rings. The molecule has 5 nitrogen and oxygen atoms in total. The van der Waals surface area contributed by atoms with Gasteiger partial charge in [0.1, 0.15) is 0 Å². The van der Waals surface area contributed by atoms with E-state index < -0.39 is 0 Å². The Morgan fingerprint density at radius 2 is 2.25 bits per heavy atom. The minimum atomic E-state index is 0.349. The molecule has 1 aromatic heterocycles. The number of fused-ring (bicyclic) bond motifs is 1. The molecule has 2 aliphatic heterocycles. The highest BCUT2D eigenvalue weighted by molar-refractivity contribution is 5.03. The predicted octanol–water partition coefficient (Wildman–Crippen LogP) is 1.17. The van der Waals surface area contributed by atoms with Gasteiger partial charge in [0.05, 0.1) is 24.7 Å². The van der Waals surface area contributed by atoms with Gasteiger partial charge in [0, 0.05) is 37.9 Å². The van der Waals surface area contributed by atoms with Gasteiger partial charge in [0.25, 0.3) is 0 Å². The smallest absolute Gasteiger partial charge is 0.0951 e. The van der Waals surface area contributed by atoms with Crippen LogP contribution in [0.1, 0.15) is 37.4 Å². The molecule has 5 heteroatoms. The van der Waals surface area contributed by atoms with E-state index >= 15 is 0 Å². The molecule has 3 heterocycles. The summed E-state index contributed by atoms with van der Waals surface area (Å²) >= 11 is 0. The van der Waals surface area contributed by atoms with Crippen molar-refractivity contribution in [3.05, 3.63) is 18.2 Å². The molecule has 20 heavy (non-hydrogen) atoms. The third-order valence-electron chi connectivity index (χ3n) is 4.83. The molecule has 2 atom stereocenters. The third-order valence-corrected chi connectivity index (χ3v) is 4.83. The Labute approximate surface area is 120 Å². The van der Waals surface area contributed by atoms with Crippen molar-refractivity contribution in [2.45, 2.75) is 50.4 Å². The number of hydrogen-bond donors (Lipinski definition) is 1. The highest BCUT2D eigenvalue weighted by atomic mass is 16.5. The highest BCUT2D eigenvalue weighted by Crippen LogP contribution is 2.35. The van der Waals surface area contributed by atoms with Crippen LogP contribution in [0.25, 0.3) is 0 Å². The zero-order valence-corrected chi connectivity index (χ0v) is 12.0. The molecule has 0 radical (unpaired) electrons. The van der Waals surface area contributed by atoms with E-state index in [1.165, 1.54) is 37.9 Å². The van der Waals surface area contributed by atoms with Gasteiger partial charge in [-0.25, -0.2) is 4.98 Å². The summed E-state index contributed by atoms with van der Waals surface area (Å²) in [4.78, 5) is 6.88.